The fraction of sp³-hybridized carbons (Fsp3) is 0.280. The van der Waals surface area contributed by atoms with E-state index in [-0.39, 0.29) is 11.7 Å². The van der Waals surface area contributed by atoms with Gasteiger partial charge in [0, 0.05) is 40.7 Å². The van der Waals surface area contributed by atoms with Crippen LogP contribution in [0.1, 0.15) is 57.5 Å². The van der Waals surface area contributed by atoms with Crippen molar-refractivity contribution in [2.24, 2.45) is 0 Å². The van der Waals surface area contributed by atoms with Crippen LogP contribution in [0.25, 0.3) is 10.9 Å². The number of nitrogens with one attached hydrogen (secondary N) is 1. The molecule has 0 radical (unpaired) electrons. The van der Waals surface area contributed by atoms with E-state index in [1.54, 1.807) is 17.0 Å². The van der Waals surface area contributed by atoms with Gasteiger partial charge in [-0.15, -0.1) is 0 Å². The molecular formula is C25H22FN3O2. The highest BCUT2D eigenvalue weighted by Gasteiger charge is 2.38. The van der Waals surface area contributed by atoms with Crippen molar-refractivity contribution >= 4 is 16.8 Å². The van der Waals surface area contributed by atoms with E-state index in [2.05, 4.69) is 16.2 Å². The molecule has 3 heterocycles. The summed E-state index contributed by atoms with van der Waals surface area (Å²) in [7, 11) is 0. The van der Waals surface area contributed by atoms with Crippen molar-refractivity contribution in [3.8, 4) is 0 Å². The van der Waals surface area contributed by atoms with Crippen LogP contribution in [0.3, 0.4) is 0 Å². The molecule has 1 amide bonds. The highest BCUT2D eigenvalue weighted by atomic mass is 19.1. The number of amides is 1. The fourth-order valence-electron chi connectivity index (χ4n) is 5.17. The molecule has 31 heavy (non-hydrogen) atoms. The van der Waals surface area contributed by atoms with Gasteiger partial charge in [0.2, 0.25) is 0 Å². The van der Waals surface area contributed by atoms with Gasteiger partial charge in [-0.25, -0.2) is 4.39 Å². The predicted molar refractivity (Wildman–Crippen MR) is 114 cm³/mol. The summed E-state index contributed by atoms with van der Waals surface area (Å²) in [4.78, 5) is 19.0. The summed E-state index contributed by atoms with van der Waals surface area (Å²) in [6.07, 6.45) is 4.40. The van der Waals surface area contributed by atoms with Gasteiger partial charge in [-0.3, -0.25) is 4.79 Å². The Balaban J connectivity index is 1.51. The first-order valence-electron chi connectivity index (χ1n) is 10.8. The molecule has 6 heteroatoms. The maximum atomic E-state index is 15.0. The third-order valence-corrected chi connectivity index (χ3v) is 6.65. The van der Waals surface area contributed by atoms with Gasteiger partial charge < -0.3 is 14.4 Å². The Morgan fingerprint density at radius 1 is 1.03 bits per heavy atom. The molecule has 6 rings (SSSR count). The highest BCUT2D eigenvalue weighted by Crippen LogP contribution is 2.40. The van der Waals surface area contributed by atoms with Gasteiger partial charge in [0.15, 0.2) is 5.69 Å². The van der Waals surface area contributed by atoms with E-state index >= 15 is 0 Å². The third-order valence-electron chi connectivity index (χ3n) is 6.65. The summed E-state index contributed by atoms with van der Waals surface area (Å²) in [6.45, 7) is 0.494. The Bertz CT molecular complexity index is 1310. The minimum atomic E-state index is -0.541. The maximum absolute atomic E-state index is 15.0. The lowest BCUT2D eigenvalue weighted by atomic mass is 9.91. The molecule has 1 atom stereocenters. The summed E-state index contributed by atoms with van der Waals surface area (Å²) in [6, 6.07) is 14.2. The molecule has 2 aliphatic rings. The summed E-state index contributed by atoms with van der Waals surface area (Å²) >= 11 is 0. The number of fused-ring (bicyclic) bond motifs is 4. The normalized spacial score (nSPS) is 18.1. The van der Waals surface area contributed by atoms with Crippen molar-refractivity contribution in [2.45, 2.75) is 38.1 Å². The molecule has 0 saturated carbocycles. The predicted octanol–water partition coefficient (Wildman–Crippen LogP) is 4.96. The molecule has 0 bridgehead atoms. The molecule has 5 nitrogen and oxygen atoms in total. The molecule has 0 saturated heterocycles. The summed E-state index contributed by atoms with van der Waals surface area (Å²) in [5.74, 6) is 0.309. The molecule has 2 aromatic carbocycles. The Hall–Kier alpha value is -3.41. The van der Waals surface area contributed by atoms with Crippen LogP contribution in [0.5, 0.6) is 0 Å². The van der Waals surface area contributed by atoms with Crippen LogP contribution in [0.4, 0.5) is 4.39 Å². The van der Waals surface area contributed by atoms with Crippen LogP contribution in [0, 0.1) is 5.82 Å². The minimum absolute atomic E-state index is 0.190. The second kappa shape index (κ2) is 7.08. The SMILES string of the molecule is O=C(c1noc2c1CCCC2)N1CCc2c([nH]c3ccccc23)[C@H]1c1ccccc1F. The zero-order valence-corrected chi connectivity index (χ0v) is 17.0. The minimum Gasteiger partial charge on any atom is -0.360 e. The van der Waals surface area contributed by atoms with Gasteiger partial charge in [0.05, 0.1) is 0 Å². The van der Waals surface area contributed by atoms with E-state index < -0.39 is 6.04 Å². The number of para-hydroxylation sites is 1. The second-order valence-corrected chi connectivity index (χ2v) is 8.38. The highest BCUT2D eigenvalue weighted by molar-refractivity contribution is 5.95. The van der Waals surface area contributed by atoms with Crippen molar-refractivity contribution < 1.29 is 13.7 Å². The van der Waals surface area contributed by atoms with Crippen molar-refractivity contribution in [1.29, 1.82) is 0 Å². The van der Waals surface area contributed by atoms with E-state index in [4.69, 9.17) is 4.52 Å². The van der Waals surface area contributed by atoms with Crippen LogP contribution in [-0.2, 0) is 19.3 Å². The number of H-pyrrole nitrogens is 1. The summed E-state index contributed by atoms with van der Waals surface area (Å²) in [5.41, 5.74) is 4.82. The lowest BCUT2D eigenvalue weighted by Gasteiger charge is -2.36. The number of aromatic amines is 1. The van der Waals surface area contributed by atoms with E-state index in [0.29, 0.717) is 24.2 Å². The molecule has 0 fully saturated rings. The van der Waals surface area contributed by atoms with Gasteiger partial charge >= 0.3 is 0 Å². The standard InChI is InChI=1S/C25H22FN3O2/c26-19-10-4-1-8-17(19)24-22-16(15-7-2-5-11-20(15)27-22)13-14-29(24)25(30)23-18-9-3-6-12-21(18)31-28-23/h1-2,4-5,7-8,10-11,24,27H,3,6,9,12-14H2/t24-/m1/s1. The van der Waals surface area contributed by atoms with E-state index in [9.17, 15) is 9.18 Å². The number of rotatable bonds is 2. The number of hydrogen-bond donors (Lipinski definition) is 1. The first-order valence-corrected chi connectivity index (χ1v) is 10.8. The molecule has 1 aliphatic carbocycles. The molecule has 1 N–H and O–H groups in total. The Labute approximate surface area is 178 Å². The molecule has 0 unspecified atom stereocenters. The first kappa shape index (κ1) is 18.4. The molecular weight excluding hydrogens is 393 g/mol. The monoisotopic (exact) mass is 415 g/mol. The number of carbonyl (C=O) groups excluding carboxylic acids is 1. The number of aryl methyl sites for hydroxylation is 1. The fourth-order valence-corrected chi connectivity index (χ4v) is 5.17. The average Bonchev–Trinajstić information content (AvgIpc) is 3.40. The van der Waals surface area contributed by atoms with Gasteiger partial charge in [-0.1, -0.05) is 41.6 Å². The van der Waals surface area contributed by atoms with E-state index in [0.717, 1.165) is 59.2 Å². The zero-order valence-electron chi connectivity index (χ0n) is 17.0. The number of hydrogen-bond acceptors (Lipinski definition) is 3. The van der Waals surface area contributed by atoms with E-state index in [1.165, 1.54) is 6.07 Å². The maximum Gasteiger partial charge on any atom is 0.277 e. The molecule has 1 aliphatic heterocycles. The molecule has 4 aromatic rings. The smallest absolute Gasteiger partial charge is 0.277 e. The molecule has 2 aromatic heterocycles. The van der Waals surface area contributed by atoms with Gasteiger partial charge in [0.1, 0.15) is 17.6 Å². The molecule has 156 valence electrons. The van der Waals surface area contributed by atoms with Crippen LogP contribution in [0.15, 0.2) is 53.1 Å². The average molecular weight is 415 g/mol. The van der Waals surface area contributed by atoms with Crippen LogP contribution in [0.2, 0.25) is 0 Å². The zero-order chi connectivity index (χ0) is 20.9. The van der Waals surface area contributed by atoms with Gasteiger partial charge in [-0.05, 0) is 43.4 Å². The van der Waals surface area contributed by atoms with Crippen LogP contribution >= 0.6 is 0 Å². The van der Waals surface area contributed by atoms with Crippen molar-refractivity contribution in [2.75, 3.05) is 6.54 Å². The largest absolute Gasteiger partial charge is 0.360 e. The summed E-state index contributed by atoms with van der Waals surface area (Å²) < 4.78 is 20.5. The van der Waals surface area contributed by atoms with Crippen molar-refractivity contribution in [3.05, 3.63) is 88.2 Å². The van der Waals surface area contributed by atoms with E-state index in [1.807, 2.05) is 24.3 Å². The number of carbonyl (C=O) groups is 1. The van der Waals surface area contributed by atoms with Gasteiger partial charge in [-0.2, -0.15) is 0 Å². The first-order chi connectivity index (χ1) is 15.2. The topological polar surface area (TPSA) is 62.1 Å². The molecule has 0 spiro atoms. The number of aromatic nitrogens is 2. The number of benzene rings is 2. The van der Waals surface area contributed by atoms with Crippen molar-refractivity contribution in [3.63, 3.8) is 0 Å². The van der Waals surface area contributed by atoms with Crippen molar-refractivity contribution in [1.82, 2.24) is 15.0 Å². The number of halogens is 1. The number of nitrogens with zero attached hydrogens (tertiary/aromatic N) is 2. The lowest BCUT2D eigenvalue weighted by Crippen LogP contribution is -2.41. The Morgan fingerprint density at radius 2 is 1.84 bits per heavy atom. The quantitative estimate of drug-likeness (QED) is 0.503. The van der Waals surface area contributed by atoms with Crippen LogP contribution < -0.4 is 0 Å². The Kier molecular flexibility index (Phi) is 4.19. The third kappa shape index (κ3) is 2.81. The van der Waals surface area contributed by atoms with Gasteiger partial charge in [0.25, 0.3) is 5.91 Å². The Morgan fingerprint density at radius 3 is 2.74 bits per heavy atom. The second-order valence-electron chi connectivity index (χ2n) is 8.38. The lowest BCUT2D eigenvalue weighted by molar-refractivity contribution is 0.0677. The van der Waals surface area contributed by atoms with Crippen LogP contribution in [-0.4, -0.2) is 27.5 Å². The summed E-state index contributed by atoms with van der Waals surface area (Å²) in [5, 5.41) is 5.28.